The van der Waals surface area contributed by atoms with Crippen LogP contribution in [0.3, 0.4) is 0 Å². The second kappa shape index (κ2) is 32.8. The van der Waals surface area contributed by atoms with E-state index in [2.05, 4.69) is 410 Å². The maximum Gasteiger partial charge on any atom is 0.306 e. The van der Waals surface area contributed by atoms with E-state index in [1.54, 1.807) is 0 Å². The van der Waals surface area contributed by atoms with E-state index >= 15 is 0 Å². The molecular formula is C124H92N8O. The van der Waals surface area contributed by atoms with Crippen LogP contribution in [-0.4, -0.2) is 29.3 Å². The van der Waals surface area contributed by atoms with Gasteiger partial charge in [0.25, 0.3) is 0 Å². The van der Waals surface area contributed by atoms with Crippen molar-refractivity contribution in [1.29, 1.82) is 5.26 Å². The number of hydrogen-bond acceptors (Lipinski definition) is 6. The molecule has 0 radical (unpaired) electrons. The first-order chi connectivity index (χ1) is 64.8. The molecule has 0 fully saturated rings. The first-order valence-electron chi connectivity index (χ1n) is 45.5. The van der Waals surface area contributed by atoms with Crippen LogP contribution in [0.25, 0.3) is 231 Å². The van der Waals surface area contributed by atoms with E-state index in [1.165, 1.54) is 159 Å². The fourth-order valence-corrected chi connectivity index (χ4v) is 20.3. The van der Waals surface area contributed by atoms with E-state index < -0.39 is 0 Å². The number of para-hydroxylation sites is 1. The first-order valence-corrected chi connectivity index (χ1v) is 45.5. The quantitative estimate of drug-likeness (QED) is 0.0892. The SMILES string of the molecule is CC(C)(C)c1ccc(-c2ccc3ccc4c(-c5nnc(-c6ccccc6)o5)ccc5ccc2c3c54)cc1.Cc1ccccc1-c1cc(-c2ccccc2C)c2ccc3c(-c4nc(-c5ccccc5)c(-c5ccccc5)n4C)cc(-c4ccccc4C)c4ccc1c2c43.[C-]#[N+]c1nc(-c2ccc3ccc4c(-c5ccc(C(C)(C)C)cc5)ccc5ccc2c3c54)n(-c2ccccc2)c1C#N. The zero-order valence-electron chi connectivity index (χ0n) is 75.8. The number of aromatic nitrogens is 6. The summed E-state index contributed by atoms with van der Waals surface area (Å²) in [7, 11) is 2.18. The summed E-state index contributed by atoms with van der Waals surface area (Å²) in [6.07, 6.45) is 0. The molecule has 0 N–H and O–H groups in total. The molecule has 9 heteroatoms. The van der Waals surface area contributed by atoms with Crippen molar-refractivity contribution in [1.82, 2.24) is 29.3 Å². The fraction of sp³-hybridized carbons (Fsp3) is 0.0968. The predicted molar refractivity (Wildman–Crippen MR) is 555 cm³/mol. The van der Waals surface area contributed by atoms with Crippen molar-refractivity contribution in [2.75, 3.05) is 0 Å². The molecule has 0 unspecified atom stereocenters. The van der Waals surface area contributed by atoms with E-state index in [-0.39, 0.29) is 22.3 Å². The van der Waals surface area contributed by atoms with Gasteiger partial charge < -0.3 is 13.8 Å². The Kier molecular flexibility index (Phi) is 20.2. The highest BCUT2D eigenvalue weighted by Crippen LogP contribution is 2.53. The first kappa shape index (κ1) is 82.0. The molecular weight excluding hydrogens is 1620 g/mol. The number of aryl methyl sites for hydroxylation is 3. The molecule has 0 aliphatic carbocycles. The highest BCUT2D eigenvalue weighted by Gasteiger charge is 2.30. The van der Waals surface area contributed by atoms with Gasteiger partial charge in [0.1, 0.15) is 11.9 Å². The van der Waals surface area contributed by atoms with E-state index in [9.17, 15) is 5.26 Å². The van der Waals surface area contributed by atoms with Gasteiger partial charge in [0.05, 0.1) is 17.0 Å². The molecule has 3 heterocycles. The number of nitriles is 1. The standard InChI is InChI=1S/C53H40N2.C37H26N4.C34H26N2O/c1-33-17-11-14-24-38(33)45-31-46(39-25-15-12-18-34(39)2)42-29-30-44-48(32-47(40-26-16-13-19-35(40)3)43-28-27-41(45)49(42)50(43)44)53-54-51(36-20-7-5-8-21-36)52(55(53)4)37-22-9-6-10-23-37;1-37(2,3)26-16-10-23(11-17-26)28-18-12-24-14-20-30-31(21-15-25-13-19-29(28)33(24)34(25)30)36-40-35(39-4)32(22-38)41(36)27-8-6-5-7-9-27;1-34(2,3)25-15-9-21(10-16-25)26-17-11-22-13-19-28-29(20-14-23-12-18-27(26)30(22)31(23)28)33-36-35-32(37-33)24-7-5-4-6-8-24/h5-32H,1-4H3;5-21H,1-3H3;4-20H,1-3H3. The number of hydrogen-bond donors (Lipinski definition) is 0. The molecule has 0 aliphatic heterocycles. The summed E-state index contributed by atoms with van der Waals surface area (Å²) in [5.74, 6) is 2.72. The second-order valence-corrected chi connectivity index (χ2v) is 37.1. The largest absolute Gasteiger partial charge is 0.416 e. The summed E-state index contributed by atoms with van der Waals surface area (Å²) >= 11 is 0. The van der Waals surface area contributed by atoms with Crippen LogP contribution in [0.4, 0.5) is 5.82 Å². The van der Waals surface area contributed by atoms with Gasteiger partial charge in [-0.1, -0.05) is 381 Å². The van der Waals surface area contributed by atoms with Crippen LogP contribution in [-0.2, 0) is 17.9 Å². The van der Waals surface area contributed by atoms with Gasteiger partial charge in [-0.15, -0.1) is 10.2 Å². The topological polar surface area (TPSA) is 103 Å². The summed E-state index contributed by atoms with van der Waals surface area (Å²) in [5.41, 5.74) is 28.3. The molecule has 3 aromatic heterocycles. The lowest BCUT2D eigenvalue weighted by Gasteiger charge is -2.22. The van der Waals surface area contributed by atoms with Crippen molar-refractivity contribution in [3.05, 3.63) is 421 Å². The zero-order chi connectivity index (χ0) is 90.7. The van der Waals surface area contributed by atoms with Crippen molar-refractivity contribution >= 4 is 103 Å². The molecule has 24 rings (SSSR count). The molecule has 24 aromatic rings. The van der Waals surface area contributed by atoms with Gasteiger partial charge in [-0.05, 0) is 261 Å². The molecule has 9 nitrogen and oxygen atoms in total. The highest BCUT2D eigenvalue weighted by molar-refractivity contribution is 6.33. The lowest BCUT2D eigenvalue weighted by Crippen LogP contribution is -2.10. The van der Waals surface area contributed by atoms with Gasteiger partial charge >= 0.3 is 5.82 Å². The van der Waals surface area contributed by atoms with Crippen LogP contribution in [0.15, 0.2) is 381 Å². The second-order valence-electron chi connectivity index (χ2n) is 37.1. The summed E-state index contributed by atoms with van der Waals surface area (Å²) in [5, 5.41) is 40.6. The molecule has 0 saturated carbocycles. The molecule has 0 amide bonds. The summed E-state index contributed by atoms with van der Waals surface area (Å²) in [6.45, 7) is 27.8. The monoisotopic (exact) mass is 1710 g/mol. The Morgan fingerprint density at radius 2 is 0.654 bits per heavy atom. The van der Waals surface area contributed by atoms with E-state index in [4.69, 9.17) is 21.0 Å². The van der Waals surface area contributed by atoms with Gasteiger partial charge in [0, 0.05) is 40.6 Å². The third-order valence-corrected chi connectivity index (χ3v) is 27.1. The molecule has 0 bridgehead atoms. The maximum absolute atomic E-state index is 10.0. The van der Waals surface area contributed by atoms with Gasteiger partial charge in [-0.25, -0.2) is 4.98 Å². The normalized spacial score (nSPS) is 11.8. The Morgan fingerprint density at radius 1 is 0.308 bits per heavy atom. The van der Waals surface area contributed by atoms with Crippen LogP contribution in [0.5, 0.6) is 0 Å². The Bertz CT molecular complexity index is 8670. The summed E-state index contributed by atoms with van der Waals surface area (Å²) < 4.78 is 10.3. The minimum Gasteiger partial charge on any atom is -0.416 e. The van der Waals surface area contributed by atoms with Gasteiger partial charge in [0.15, 0.2) is 5.69 Å². The fourth-order valence-electron chi connectivity index (χ4n) is 20.3. The smallest absolute Gasteiger partial charge is 0.306 e. The Hall–Kier alpha value is -16.7. The molecule has 0 aliphatic rings. The van der Waals surface area contributed by atoms with Crippen LogP contribution in [0.2, 0.25) is 0 Å². The number of benzene rings is 21. The summed E-state index contributed by atoms with van der Waals surface area (Å²) in [6, 6.07) is 137. The summed E-state index contributed by atoms with van der Waals surface area (Å²) in [4.78, 5) is 13.9. The Labute approximate surface area is 773 Å². The number of rotatable bonds is 12. The lowest BCUT2D eigenvalue weighted by atomic mass is 9.81. The van der Waals surface area contributed by atoms with Crippen LogP contribution < -0.4 is 0 Å². The van der Waals surface area contributed by atoms with Gasteiger partial charge in [0.2, 0.25) is 17.6 Å². The van der Waals surface area contributed by atoms with Crippen molar-refractivity contribution in [3.8, 4) is 136 Å². The Balaban J connectivity index is 0.000000119. The minimum atomic E-state index is 0.0988. The Morgan fingerprint density at radius 3 is 1.08 bits per heavy atom. The van der Waals surface area contributed by atoms with Crippen molar-refractivity contribution < 1.29 is 4.42 Å². The molecule has 634 valence electrons. The third-order valence-electron chi connectivity index (χ3n) is 27.1. The number of imidazole rings is 2. The maximum atomic E-state index is 10.0. The van der Waals surface area contributed by atoms with Crippen LogP contribution in [0, 0.1) is 38.7 Å². The van der Waals surface area contributed by atoms with Crippen molar-refractivity contribution in [2.45, 2.75) is 73.1 Å². The average Bonchev–Trinajstić information content (AvgIpc) is 1.48. The molecule has 0 atom stereocenters. The van der Waals surface area contributed by atoms with E-state index in [0.29, 0.717) is 17.6 Å². The molecule has 0 saturated heterocycles. The molecule has 21 aromatic carbocycles. The minimum absolute atomic E-state index is 0.0988. The van der Waals surface area contributed by atoms with Gasteiger partial charge in [-0.2, -0.15) is 5.26 Å². The molecule has 133 heavy (non-hydrogen) atoms. The highest BCUT2D eigenvalue weighted by atomic mass is 16.4. The van der Waals surface area contributed by atoms with Crippen LogP contribution in [0.1, 0.15) is 75.1 Å². The van der Waals surface area contributed by atoms with Crippen LogP contribution >= 0.6 is 0 Å². The van der Waals surface area contributed by atoms with E-state index in [0.717, 1.165) is 77.8 Å². The average molecular weight is 1710 g/mol. The van der Waals surface area contributed by atoms with Crippen molar-refractivity contribution in [3.63, 3.8) is 0 Å². The lowest BCUT2D eigenvalue weighted by molar-refractivity contribution is 0.585. The van der Waals surface area contributed by atoms with Gasteiger partial charge in [-0.3, -0.25) is 4.57 Å². The zero-order valence-corrected chi connectivity index (χ0v) is 75.8. The molecule has 0 spiro atoms. The van der Waals surface area contributed by atoms with E-state index in [1.807, 2.05) is 65.2 Å². The van der Waals surface area contributed by atoms with Crippen molar-refractivity contribution in [2.24, 2.45) is 7.05 Å². The number of nitrogens with zero attached hydrogens (tertiary/aromatic N) is 8. The predicted octanol–water partition coefficient (Wildman–Crippen LogP) is 33.3. The third kappa shape index (κ3) is 14.2.